The number of fused-ring (bicyclic) bond motifs is 1. The Hall–Kier alpha value is -3.32. The smallest absolute Gasteiger partial charge is 0.255 e. The topological polar surface area (TPSA) is 82.2 Å². The lowest BCUT2D eigenvalue weighted by Gasteiger charge is -2.29. The predicted octanol–water partition coefficient (Wildman–Crippen LogP) is 2.63. The van der Waals surface area contributed by atoms with Crippen molar-refractivity contribution < 1.29 is 4.79 Å². The van der Waals surface area contributed by atoms with E-state index in [-0.39, 0.29) is 17.5 Å². The van der Waals surface area contributed by atoms with Crippen molar-refractivity contribution in [1.82, 2.24) is 24.8 Å². The van der Waals surface area contributed by atoms with Crippen molar-refractivity contribution in [2.45, 2.75) is 44.8 Å². The minimum Gasteiger partial charge on any atom is -0.332 e. The molecular formula is C25H27N5O2. The molecule has 0 radical (unpaired) electrons. The second kappa shape index (κ2) is 9.04. The summed E-state index contributed by atoms with van der Waals surface area (Å²) in [5, 5.41) is 0. The van der Waals surface area contributed by atoms with Crippen LogP contribution in [0.5, 0.6) is 0 Å². The lowest BCUT2D eigenvalue weighted by Crippen LogP contribution is -2.38. The van der Waals surface area contributed by atoms with E-state index in [4.69, 9.17) is 4.98 Å². The monoisotopic (exact) mass is 429 g/mol. The molecule has 1 amide bonds. The number of hydrogen-bond acceptors (Lipinski definition) is 5. The molecule has 0 bridgehead atoms. The summed E-state index contributed by atoms with van der Waals surface area (Å²) in [6, 6.07) is 13.6. The molecule has 1 fully saturated rings. The van der Waals surface area contributed by atoms with Crippen LogP contribution in [-0.2, 0) is 30.7 Å². The molecule has 2 aliphatic rings. The molecule has 0 saturated carbocycles. The lowest BCUT2D eigenvalue weighted by atomic mass is 10.1. The number of pyridine rings is 1. The number of carbonyl (C=O) groups excluding carboxylic acids is 1. The van der Waals surface area contributed by atoms with Crippen molar-refractivity contribution in [1.29, 1.82) is 0 Å². The van der Waals surface area contributed by atoms with Crippen LogP contribution in [0.25, 0.3) is 0 Å². The summed E-state index contributed by atoms with van der Waals surface area (Å²) in [6.07, 6.45) is 6.48. The largest absolute Gasteiger partial charge is 0.332 e. The standard InChI is InChI=1S/C25H27N5O2/c31-23(14-18-6-2-1-3-7-18)30-12-5-9-22(30)24-27-21-10-13-29(17-20(21)25(32)28-24)16-19-8-4-11-26-15-19/h1-4,6-8,11,15,22H,5,9-10,12-14,16-17H2,(H,27,28,32). The Morgan fingerprint density at radius 3 is 2.75 bits per heavy atom. The summed E-state index contributed by atoms with van der Waals surface area (Å²) in [7, 11) is 0. The zero-order valence-electron chi connectivity index (χ0n) is 18.0. The number of nitrogens with zero attached hydrogens (tertiary/aromatic N) is 4. The first-order valence-corrected chi connectivity index (χ1v) is 11.2. The third-order valence-electron chi connectivity index (χ3n) is 6.38. The van der Waals surface area contributed by atoms with Gasteiger partial charge < -0.3 is 9.88 Å². The van der Waals surface area contributed by atoms with Crippen LogP contribution < -0.4 is 5.56 Å². The van der Waals surface area contributed by atoms with E-state index in [0.717, 1.165) is 54.7 Å². The number of aromatic amines is 1. The van der Waals surface area contributed by atoms with Crippen LogP contribution in [0.2, 0.25) is 0 Å². The SMILES string of the molecule is O=C(Cc1ccccc1)N1CCCC1c1nc2c(c(=O)[nH]1)CN(Cc1cccnc1)CC2. The van der Waals surface area contributed by atoms with E-state index >= 15 is 0 Å². The molecule has 0 aliphatic carbocycles. The summed E-state index contributed by atoms with van der Waals surface area (Å²) in [6.45, 7) is 2.89. The van der Waals surface area contributed by atoms with Gasteiger partial charge in [-0.2, -0.15) is 0 Å². The van der Waals surface area contributed by atoms with Crippen LogP contribution in [0.15, 0.2) is 59.7 Å². The van der Waals surface area contributed by atoms with Crippen molar-refractivity contribution >= 4 is 5.91 Å². The van der Waals surface area contributed by atoms with Gasteiger partial charge in [-0.05, 0) is 30.0 Å². The van der Waals surface area contributed by atoms with Gasteiger partial charge in [-0.1, -0.05) is 36.4 Å². The molecule has 5 rings (SSSR count). The summed E-state index contributed by atoms with van der Waals surface area (Å²) in [5.41, 5.74) is 3.67. The molecule has 0 spiro atoms. The summed E-state index contributed by atoms with van der Waals surface area (Å²) in [4.78, 5) is 42.1. The van der Waals surface area contributed by atoms with Gasteiger partial charge in [-0.25, -0.2) is 4.98 Å². The summed E-state index contributed by atoms with van der Waals surface area (Å²) < 4.78 is 0. The average molecular weight is 430 g/mol. The van der Waals surface area contributed by atoms with Crippen molar-refractivity contribution in [3.8, 4) is 0 Å². The zero-order chi connectivity index (χ0) is 21.9. The third-order valence-corrected chi connectivity index (χ3v) is 6.38. The molecule has 2 aromatic heterocycles. The number of likely N-dealkylation sites (tertiary alicyclic amines) is 1. The quantitative estimate of drug-likeness (QED) is 0.674. The van der Waals surface area contributed by atoms with Crippen LogP contribution in [-0.4, -0.2) is 43.7 Å². The lowest BCUT2D eigenvalue weighted by molar-refractivity contribution is -0.131. The Bertz CT molecular complexity index is 1150. The second-order valence-corrected chi connectivity index (χ2v) is 8.61. The Morgan fingerprint density at radius 1 is 1.09 bits per heavy atom. The van der Waals surface area contributed by atoms with E-state index in [1.807, 2.05) is 47.5 Å². The number of aromatic nitrogens is 3. The minimum atomic E-state index is -0.155. The molecule has 2 aliphatic heterocycles. The first-order chi connectivity index (χ1) is 15.7. The first kappa shape index (κ1) is 20.6. The van der Waals surface area contributed by atoms with E-state index in [9.17, 15) is 9.59 Å². The molecule has 1 atom stereocenters. The predicted molar refractivity (Wildman–Crippen MR) is 121 cm³/mol. The number of H-pyrrole nitrogens is 1. The molecule has 164 valence electrons. The third kappa shape index (κ3) is 4.34. The van der Waals surface area contributed by atoms with Crippen molar-refractivity contribution in [2.24, 2.45) is 0 Å². The normalized spacial score (nSPS) is 18.5. The van der Waals surface area contributed by atoms with Crippen molar-refractivity contribution in [2.75, 3.05) is 13.1 Å². The number of nitrogens with one attached hydrogen (secondary N) is 1. The average Bonchev–Trinajstić information content (AvgIpc) is 3.31. The van der Waals surface area contributed by atoms with E-state index < -0.39 is 0 Å². The van der Waals surface area contributed by atoms with Gasteiger partial charge in [0.1, 0.15) is 5.82 Å². The van der Waals surface area contributed by atoms with Crippen LogP contribution >= 0.6 is 0 Å². The van der Waals surface area contributed by atoms with Gasteiger partial charge in [-0.15, -0.1) is 0 Å². The van der Waals surface area contributed by atoms with Gasteiger partial charge in [0.25, 0.3) is 5.56 Å². The Balaban J connectivity index is 1.32. The Labute approximate surface area is 187 Å². The van der Waals surface area contributed by atoms with E-state index in [1.165, 1.54) is 0 Å². The molecule has 1 saturated heterocycles. The summed E-state index contributed by atoms with van der Waals surface area (Å²) in [5.74, 6) is 0.718. The molecule has 1 unspecified atom stereocenters. The molecule has 3 aromatic rings. The van der Waals surface area contributed by atoms with Gasteiger partial charge in [-0.3, -0.25) is 19.5 Å². The molecular weight excluding hydrogens is 402 g/mol. The minimum absolute atomic E-state index is 0.0803. The maximum Gasteiger partial charge on any atom is 0.255 e. The highest BCUT2D eigenvalue weighted by molar-refractivity contribution is 5.79. The maximum absolute atomic E-state index is 13.0. The molecule has 7 heteroatoms. The highest BCUT2D eigenvalue weighted by Gasteiger charge is 2.33. The van der Waals surface area contributed by atoms with E-state index in [2.05, 4.69) is 20.9 Å². The van der Waals surface area contributed by atoms with Gasteiger partial charge in [0, 0.05) is 45.0 Å². The summed E-state index contributed by atoms with van der Waals surface area (Å²) >= 11 is 0. The van der Waals surface area contributed by atoms with Crippen LogP contribution in [0, 0.1) is 0 Å². The first-order valence-electron chi connectivity index (χ1n) is 11.2. The van der Waals surface area contributed by atoms with Crippen molar-refractivity contribution in [3.63, 3.8) is 0 Å². The van der Waals surface area contributed by atoms with Gasteiger partial charge in [0.2, 0.25) is 5.91 Å². The van der Waals surface area contributed by atoms with Crippen LogP contribution in [0.1, 0.15) is 47.1 Å². The number of rotatable bonds is 5. The fourth-order valence-electron chi connectivity index (χ4n) is 4.76. The van der Waals surface area contributed by atoms with Crippen LogP contribution in [0.3, 0.4) is 0 Å². The number of hydrogen-bond donors (Lipinski definition) is 1. The highest BCUT2D eigenvalue weighted by Crippen LogP contribution is 2.31. The van der Waals surface area contributed by atoms with Gasteiger partial charge in [0.05, 0.1) is 23.7 Å². The van der Waals surface area contributed by atoms with Crippen LogP contribution in [0.4, 0.5) is 0 Å². The van der Waals surface area contributed by atoms with E-state index in [0.29, 0.717) is 25.3 Å². The molecule has 1 aromatic carbocycles. The number of carbonyl (C=O) groups is 1. The van der Waals surface area contributed by atoms with Gasteiger partial charge >= 0.3 is 0 Å². The molecule has 4 heterocycles. The fourth-order valence-corrected chi connectivity index (χ4v) is 4.76. The molecule has 1 N–H and O–H groups in total. The second-order valence-electron chi connectivity index (χ2n) is 8.61. The van der Waals surface area contributed by atoms with E-state index in [1.54, 1.807) is 6.20 Å². The fraction of sp³-hybridized carbons (Fsp3) is 0.360. The number of amides is 1. The molecule has 7 nitrogen and oxygen atoms in total. The number of benzene rings is 1. The maximum atomic E-state index is 13.0. The Morgan fingerprint density at radius 2 is 1.94 bits per heavy atom. The van der Waals surface area contributed by atoms with Crippen molar-refractivity contribution in [3.05, 3.63) is 93.4 Å². The van der Waals surface area contributed by atoms with Gasteiger partial charge in [0.15, 0.2) is 0 Å². The highest BCUT2D eigenvalue weighted by atomic mass is 16.2. The zero-order valence-corrected chi connectivity index (χ0v) is 18.0. The Kier molecular flexibility index (Phi) is 5.81. The molecule has 32 heavy (non-hydrogen) atoms.